The number of ether oxygens (including phenoxy) is 1. The highest BCUT2D eigenvalue weighted by Gasteiger charge is 2.31. The van der Waals surface area contributed by atoms with E-state index < -0.39 is 0 Å². The second kappa shape index (κ2) is 4.00. The molecule has 5 heteroatoms. The first-order valence-electron chi connectivity index (χ1n) is 5.85. The summed E-state index contributed by atoms with van der Waals surface area (Å²) < 4.78 is 5.43. The summed E-state index contributed by atoms with van der Waals surface area (Å²) in [6.07, 6.45) is 2.30. The van der Waals surface area contributed by atoms with Gasteiger partial charge in [-0.25, -0.2) is 4.98 Å². The number of carbonyl (C=O) groups excluding carboxylic acids is 1. The molecule has 1 aromatic heterocycles. The fourth-order valence-corrected chi connectivity index (χ4v) is 2.40. The van der Waals surface area contributed by atoms with Crippen LogP contribution in [0, 0.1) is 6.92 Å². The van der Waals surface area contributed by atoms with E-state index in [-0.39, 0.29) is 11.9 Å². The predicted molar refractivity (Wildman–Crippen MR) is 64.2 cm³/mol. The van der Waals surface area contributed by atoms with Crippen molar-refractivity contribution in [1.29, 1.82) is 0 Å². The second-order valence-electron chi connectivity index (χ2n) is 4.56. The summed E-state index contributed by atoms with van der Waals surface area (Å²) in [5.41, 5.74) is 1.87. The summed E-state index contributed by atoms with van der Waals surface area (Å²) in [4.78, 5) is 18.4. The molecule has 2 aliphatic rings. The first-order chi connectivity index (χ1) is 8.24. The number of carbonyl (C=O) groups is 1. The highest BCUT2D eigenvalue weighted by atomic mass is 16.5. The van der Waals surface area contributed by atoms with Crippen LogP contribution in [0.1, 0.15) is 12.0 Å². The van der Waals surface area contributed by atoms with Crippen molar-refractivity contribution < 1.29 is 9.53 Å². The highest BCUT2D eigenvalue weighted by molar-refractivity contribution is 5.96. The van der Waals surface area contributed by atoms with E-state index in [1.807, 2.05) is 19.2 Å². The Hall–Kier alpha value is -1.62. The van der Waals surface area contributed by atoms with E-state index in [1.165, 1.54) is 0 Å². The molecule has 90 valence electrons. The van der Waals surface area contributed by atoms with Crippen LogP contribution < -0.4 is 10.2 Å². The Morgan fingerprint density at radius 3 is 3.35 bits per heavy atom. The Morgan fingerprint density at radius 1 is 1.59 bits per heavy atom. The number of morpholine rings is 1. The van der Waals surface area contributed by atoms with Crippen molar-refractivity contribution in [3.05, 3.63) is 17.8 Å². The molecule has 0 aliphatic carbocycles. The van der Waals surface area contributed by atoms with Gasteiger partial charge in [0.05, 0.1) is 24.9 Å². The molecule has 1 fully saturated rings. The maximum absolute atomic E-state index is 11.8. The third-order valence-corrected chi connectivity index (χ3v) is 3.20. The lowest BCUT2D eigenvalue weighted by Crippen LogP contribution is -2.46. The minimum absolute atomic E-state index is 0.0386. The molecular formula is C12H15N3O2. The molecule has 1 aromatic rings. The molecule has 0 aromatic carbocycles. The molecule has 0 saturated carbocycles. The van der Waals surface area contributed by atoms with Crippen molar-refractivity contribution in [3.63, 3.8) is 0 Å². The molecular weight excluding hydrogens is 218 g/mol. The Bertz CT molecular complexity index is 461. The van der Waals surface area contributed by atoms with Crippen molar-refractivity contribution in [2.45, 2.75) is 19.4 Å². The average molecular weight is 233 g/mol. The summed E-state index contributed by atoms with van der Waals surface area (Å²) in [5.74, 6) is 0.909. The fraction of sp³-hybridized carbons (Fsp3) is 0.500. The Balaban J connectivity index is 2.05. The number of pyridine rings is 1. The second-order valence-corrected chi connectivity index (χ2v) is 4.56. The zero-order valence-corrected chi connectivity index (χ0v) is 9.77. The van der Waals surface area contributed by atoms with Crippen LogP contribution in [-0.2, 0) is 9.53 Å². The molecule has 1 amide bonds. The zero-order chi connectivity index (χ0) is 11.8. The highest BCUT2D eigenvalue weighted by Crippen LogP contribution is 2.30. The van der Waals surface area contributed by atoms with Crippen LogP contribution in [0.3, 0.4) is 0 Å². The Kier molecular flexibility index (Phi) is 2.48. The number of anilines is 2. The number of nitrogens with one attached hydrogen (secondary N) is 1. The van der Waals surface area contributed by atoms with E-state index in [0.29, 0.717) is 19.6 Å². The van der Waals surface area contributed by atoms with Gasteiger partial charge in [-0.05, 0) is 18.6 Å². The quantitative estimate of drug-likeness (QED) is 0.724. The molecule has 3 heterocycles. The number of hydrogen-bond acceptors (Lipinski definition) is 4. The number of nitrogens with zero attached hydrogens (tertiary/aromatic N) is 2. The van der Waals surface area contributed by atoms with Crippen LogP contribution in [-0.4, -0.2) is 36.7 Å². The molecule has 0 spiro atoms. The van der Waals surface area contributed by atoms with Crippen molar-refractivity contribution in [3.8, 4) is 0 Å². The van der Waals surface area contributed by atoms with Gasteiger partial charge >= 0.3 is 0 Å². The summed E-state index contributed by atoms with van der Waals surface area (Å²) >= 11 is 0. The van der Waals surface area contributed by atoms with Gasteiger partial charge in [0, 0.05) is 19.2 Å². The van der Waals surface area contributed by atoms with Crippen molar-refractivity contribution in [2.24, 2.45) is 0 Å². The summed E-state index contributed by atoms with van der Waals surface area (Å²) in [7, 11) is 0. The molecule has 17 heavy (non-hydrogen) atoms. The molecule has 1 atom stereocenters. The maximum Gasteiger partial charge on any atom is 0.226 e. The SMILES string of the molecule is Cc1cnc2c(c1)NC(=O)CC1COCCN21. The molecule has 5 nitrogen and oxygen atoms in total. The van der Waals surface area contributed by atoms with E-state index in [0.717, 1.165) is 23.6 Å². The van der Waals surface area contributed by atoms with Gasteiger partial charge in [-0.1, -0.05) is 0 Å². The van der Waals surface area contributed by atoms with Crippen molar-refractivity contribution in [1.82, 2.24) is 4.98 Å². The summed E-state index contributed by atoms with van der Waals surface area (Å²) in [6.45, 7) is 4.06. The molecule has 3 rings (SSSR count). The van der Waals surface area contributed by atoms with Gasteiger partial charge in [0.15, 0.2) is 5.82 Å². The average Bonchev–Trinajstić information content (AvgIpc) is 2.43. The summed E-state index contributed by atoms with van der Waals surface area (Å²) in [5, 5.41) is 2.92. The number of fused-ring (bicyclic) bond motifs is 3. The normalized spacial score (nSPS) is 23.5. The van der Waals surface area contributed by atoms with E-state index in [2.05, 4.69) is 15.2 Å². The van der Waals surface area contributed by atoms with Gasteiger partial charge in [-0.3, -0.25) is 4.79 Å². The zero-order valence-electron chi connectivity index (χ0n) is 9.77. The Labute approximate surface area is 99.8 Å². The van der Waals surface area contributed by atoms with Gasteiger partial charge in [0.25, 0.3) is 0 Å². The van der Waals surface area contributed by atoms with Crippen LogP contribution in [0.2, 0.25) is 0 Å². The fourth-order valence-electron chi connectivity index (χ4n) is 2.40. The van der Waals surface area contributed by atoms with Crippen LogP contribution >= 0.6 is 0 Å². The van der Waals surface area contributed by atoms with Crippen LogP contribution in [0.25, 0.3) is 0 Å². The van der Waals surface area contributed by atoms with Gasteiger partial charge in [0.2, 0.25) is 5.91 Å². The van der Waals surface area contributed by atoms with Gasteiger partial charge in [-0.15, -0.1) is 0 Å². The third kappa shape index (κ3) is 1.86. The van der Waals surface area contributed by atoms with Gasteiger partial charge in [0.1, 0.15) is 0 Å². The number of amides is 1. The monoisotopic (exact) mass is 233 g/mol. The lowest BCUT2D eigenvalue weighted by Gasteiger charge is -2.34. The number of rotatable bonds is 0. The standard InChI is InChI=1S/C12H15N3O2/c1-8-4-10-12(13-6-8)15-2-3-17-7-9(15)5-11(16)14-10/h4,6,9H,2-3,5,7H2,1H3,(H,14,16). The van der Waals surface area contributed by atoms with Crippen LogP contribution in [0.4, 0.5) is 11.5 Å². The van der Waals surface area contributed by atoms with Gasteiger partial charge < -0.3 is 15.0 Å². The predicted octanol–water partition coefficient (Wildman–Crippen LogP) is 0.937. The van der Waals surface area contributed by atoms with E-state index in [4.69, 9.17) is 4.74 Å². The first kappa shape index (κ1) is 10.5. The van der Waals surface area contributed by atoms with Crippen LogP contribution in [0.5, 0.6) is 0 Å². The van der Waals surface area contributed by atoms with Gasteiger partial charge in [-0.2, -0.15) is 0 Å². The molecule has 1 unspecified atom stereocenters. The lowest BCUT2D eigenvalue weighted by atomic mass is 10.1. The van der Waals surface area contributed by atoms with E-state index >= 15 is 0 Å². The number of aromatic nitrogens is 1. The molecule has 1 N–H and O–H groups in total. The number of aryl methyl sites for hydroxylation is 1. The van der Waals surface area contributed by atoms with Crippen LogP contribution in [0.15, 0.2) is 12.3 Å². The minimum Gasteiger partial charge on any atom is -0.377 e. The molecule has 1 saturated heterocycles. The molecule has 0 bridgehead atoms. The minimum atomic E-state index is 0.0386. The Morgan fingerprint density at radius 2 is 2.47 bits per heavy atom. The molecule has 2 aliphatic heterocycles. The smallest absolute Gasteiger partial charge is 0.226 e. The maximum atomic E-state index is 11.8. The van der Waals surface area contributed by atoms with E-state index in [1.54, 1.807) is 0 Å². The van der Waals surface area contributed by atoms with Crippen molar-refractivity contribution in [2.75, 3.05) is 30.0 Å². The molecule has 0 radical (unpaired) electrons. The number of hydrogen-bond donors (Lipinski definition) is 1. The topological polar surface area (TPSA) is 54.5 Å². The van der Waals surface area contributed by atoms with E-state index in [9.17, 15) is 4.79 Å². The van der Waals surface area contributed by atoms with Crippen molar-refractivity contribution >= 4 is 17.4 Å². The lowest BCUT2D eigenvalue weighted by molar-refractivity contribution is -0.116. The first-order valence-corrected chi connectivity index (χ1v) is 5.85. The summed E-state index contributed by atoms with van der Waals surface area (Å²) in [6, 6.07) is 2.08. The largest absolute Gasteiger partial charge is 0.377 e. The third-order valence-electron chi connectivity index (χ3n) is 3.20.